The average Bonchev–Trinajstić information content (AvgIpc) is 3.40. The molecular weight excluding hydrogens is 429 g/mol. The van der Waals surface area contributed by atoms with Crippen molar-refractivity contribution >= 4 is 29.1 Å². The van der Waals surface area contributed by atoms with E-state index in [1.165, 1.54) is 0 Å². The Morgan fingerprint density at radius 2 is 1.90 bits per heavy atom. The van der Waals surface area contributed by atoms with Crippen molar-refractivity contribution in [3.63, 3.8) is 0 Å². The molecular formula is C20H21Cl2N5O3. The molecule has 0 spiro atoms. The van der Waals surface area contributed by atoms with Crippen LogP contribution in [0, 0.1) is 0 Å². The van der Waals surface area contributed by atoms with Gasteiger partial charge in [-0.1, -0.05) is 47.4 Å². The van der Waals surface area contributed by atoms with Gasteiger partial charge in [0.25, 0.3) is 0 Å². The highest BCUT2D eigenvalue weighted by Gasteiger charge is 2.28. The van der Waals surface area contributed by atoms with Gasteiger partial charge in [-0.05, 0) is 31.0 Å². The fourth-order valence-electron chi connectivity index (χ4n) is 3.34. The number of carbonyl (C=O) groups excluding carboxylic acids is 1. The van der Waals surface area contributed by atoms with Crippen molar-refractivity contribution < 1.29 is 13.8 Å². The van der Waals surface area contributed by atoms with Gasteiger partial charge in [0.05, 0.1) is 10.0 Å². The lowest BCUT2D eigenvalue weighted by Crippen LogP contribution is -2.38. The summed E-state index contributed by atoms with van der Waals surface area (Å²) in [7, 11) is 0. The van der Waals surface area contributed by atoms with Gasteiger partial charge in [-0.2, -0.15) is 9.97 Å². The highest BCUT2D eigenvalue weighted by Crippen LogP contribution is 2.31. The number of carbonyl (C=O) groups is 1. The number of hydrogen-bond donors (Lipinski definition) is 0. The Morgan fingerprint density at radius 3 is 2.57 bits per heavy atom. The number of aromatic nitrogens is 4. The summed E-state index contributed by atoms with van der Waals surface area (Å²) in [6.45, 7) is 5.18. The highest BCUT2D eigenvalue weighted by atomic mass is 35.5. The molecule has 1 saturated heterocycles. The molecule has 2 aromatic heterocycles. The Balaban J connectivity index is 1.34. The molecule has 158 valence electrons. The third kappa shape index (κ3) is 4.49. The molecule has 1 aromatic carbocycles. The molecule has 30 heavy (non-hydrogen) atoms. The Hall–Kier alpha value is -2.45. The van der Waals surface area contributed by atoms with E-state index in [-0.39, 0.29) is 24.2 Å². The Morgan fingerprint density at radius 1 is 1.13 bits per heavy atom. The second kappa shape index (κ2) is 8.73. The molecule has 4 rings (SSSR count). The van der Waals surface area contributed by atoms with Gasteiger partial charge < -0.3 is 13.9 Å². The molecule has 0 unspecified atom stereocenters. The van der Waals surface area contributed by atoms with Gasteiger partial charge in [-0.15, -0.1) is 0 Å². The first-order chi connectivity index (χ1) is 14.4. The summed E-state index contributed by atoms with van der Waals surface area (Å²) < 4.78 is 10.7. The fraction of sp³-hybridized carbons (Fsp3) is 0.450. The normalized spacial score (nSPS) is 15.2. The van der Waals surface area contributed by atoms with Crippen LogP contribution in [0.4, 0.5) is 0 Å². The molecule has 1 aliphatic rings. The van der Waals surface area contributed by atoms with E-state index < -0.39 is 0 Å². The lowest BCUT2D eigenvalue weighted by molar-refractivity contribution is -0.132. The van der Waals surface area contributed by atoms with E-state index in [0.717, 1.165) is 18.4 Å². The molecule has 0 aliphatic carbocycles. The van der Waals surface area contributed by atoms with Crippen molar-refractivity contribution in [3.05, 3.63) is 45.9 Å². The van der Waals surface area contributed by atoms with Crippen molar-refractivity contribution in [1.29, 1.82) is 0 Å². The number of halogens is 2. The number of piperidine rings is 1. The van der Waals surface area contributed by atoms with E-state index in [2.05, 4.69) is 20.3 Å². The van der Waals surface area contributed by atoms with E-state index in [4.69, 9.17) is 32.2 Å². The summed E-state index contributed by atoms with van der Waals surface area (Å²) in [5.74, 6) is 2.26. The second-order valence-electron chi connectivity index (χ2n) is 7.62. The van der Waals surface area contributed by atoms with Crippen LogP contribution in [0.2, 0.25) is 10.0 Å². The molecule has 1 fully saturated rings. The largest absolute Gasteiger partial charge is 0.342 e. The Bertz CT molecular complexity index is 1040. The number of nitrogens with zero attached hydrogens (tertiary/aromatic N) is 5. The maximum Gasteiger partial charge on any atom is 0.236 e. The van der Waals surface area contributed by atoms with Crippen molar-refractivity contribution in [1.82, 2.24) is 25.2 Å². The van der Waals surface area contributed by atoms with Crippen LogP contribution >= 0.6 is 23.2 Å². The molecule has 3 aromatic rings. The SMILES string of the molecule is CC(C)c1noc(CC(=O)N2CCC(c3nc(-c4ccc(Cl)c(Cl)c4)no3)CC2)n1. The van der Waals surface area contributed by atoms with Gasteiger partial charge in [0, 0.05) is 30.5 Å². The molecule has 10 heteroatoms. The number of amides is 1. The van der Waals surface area contributed by atoms with Crippen LogP contribution < -0.4 is 0 Å². The summed E-state index contributed by atoms with van der Waals surface area (Å²) in [5.41, 5.74) is 0.743. The maximum atomic E-state index is 12.6. The lowest BCUT2D eigenvalue weighted by Gasteiger charge is -2.30. The van der Waals surface area contributed by atoms with E-state index in [9.17, 15) is 4.79 Å². The number of hydrogen-bond acceptors (Lipinski definition) is 7. The number of rotatable bonds is 5. The quantitative estimate of drug-likeness (QED) is 0.565. The third-order valence-electron chi connectivity index (χ3n) is 5.12. The molecule has 0 N–H and O–H groups in total. The Labute approximate surface area is 183 Å². The van der Waals surface area contributed by atoms with Gasteiger partial charge in [-0.3, -0.25) is 4.79 Å². The van der Waals surface area contributed by atoms with Crippen LogP contribution in [0.3, 0.4) is 0 Å². The summed E-state index contributed by atoms with van der Waals surface area (Å²) in [6, 6.07) is 5.21. The van der Waals surface area contributed by atoms with Gasteiger partial charge in [0.2, 0.25) is 23.5 Å². The van der Waals surface area contributed by atoms with Crippen molar-refractivity contribution in [3.8, 4) is 11.4 Å². The van der Waals surface area contributed by atoms with Crippen LogP contribution in [0.25, 0.3) is 11.4 Å². The predicted octanol–water partition coefficient (Wildman–Crippen LogP) is 4.50. The van der Waals surface area contributed by atoms with Crippen molar-refractivity contribution in [2.24, 2.45) is 0 Å². The third-order valence-corrected chi connectivity index (χ3v) is 5.86. The highest BCUT2D eigenvalue weighted by molar-refractivity contribution is 6.42. The first kappa shape index (κ1) is 20.8. The molecule has 0 saturated carbocycles. The molecule has 3 heterocycles. The van der Waals surface area contributed by atoms with Gasteiger partial charge >= 0.3 is 0 Å². The van der Waals surface area contributed by atoms with E-state index in [1.807, 2.05) is 18.7 Å². The van der Waals surface area contributed by atoms with Gasteiger partial charge in [0.15, 0.2) is 5.82 Å². The summed E-state index contributed by atoms with van der Waals surface area (Å²) in [6.07, 6.45) is 1.61. The van der Waals surface area contributed by atoms with Gasteiger partial charge in [-0.25, -0.2) is 0 Å². The number of likely N-dealkylation sites (tertiary alicyclic amines) is 1. The molecule has 1 amide bonds. The van der Waals surface area contributed by atoms with Crippen molar-refractivity contribution in [2.75, 3.05) is 13.1 Å². The summed E-state index contributed by atoms with van der Waals surface area (Å²) >= 11 is 12.0. The minimum atomic E-state index is -0.0190. The summed E-state index contributed by atoms with van der Waals surface area (Å²) in [4.78, 5) is 23.2. The van der Waals surface area contributed by atoms with Crippen LogP contribution in [0.5, 0.6) is 0 Å². The van der Waals surface area contributed by atoms with E-state index in [0.29, 0.717) is 46.6 Å². The molecule has 0 atom stereocenters. The minimum Gasteiger partial charge on any atom is -0.342 e. The fourth-order valence-corrected chi connectivity index (χ4v) is 3.64. The van der Waals surface area contributed by atoms with E-state index in [1.54, 1.807) is 18.2 Å². The summed E-state index contributed by atoms with van der Waals surface area (Å²) in [5, 5.41) is 8.88. The Kier molecular flexibility index (Phi) is 6.06. The zero-order chi connectivity index (χ0) is 21.3. The minimum absolute atomic E-state index is 0.0190. The first-order valence-electron chi connectivity index (χ1n) is 9.80. The molecule has 1 aliphatic heterocycles. The molecule has 0 bridgehead atoms. The smallest absolute Gasteiger partial charge is 0.236 e. The zero-order valence-electron chi connectivity index (χ0n) is 16.6. The van der Waals surface area contributed by atoms with Crippen LogP contribution in [-0.2, 0) is 11.2 Å². The first-order valence-corrected chi connectivity index (χ1v) is 10.6. The van der Waals surface area contributed by atoms with Gasteiger partial charge in [0.1, 0.15) is 6.42 Å². The lowest BCUT2D eigenvalue weighted by atomic mass is 9.96. The standard InChI is InChI=1S/C20H21Cl2N5O3/c1-11(2)18-23-16(29-25-18)10-17(28)27-7-5-12(6-8-27)20-24-19(26-30-20)13-3-4-14(21)15(22)9-13/h3-4,9,11-12H,5-8,10H2,1-2H3. The predicted molar refractivity (Wildman–Crippen MR) is 110 cm³/mol. The van der Waals surface area contributed by atoms with Crippen LogP contribution in [0.15, 0.2) is 27.2 Å². The monoisotopic (exact) mass is 449 g/mol. The van der Waals surface area contributed by atoms with Crippen LogP contribution in [-0.4, -0.2) is 44.2 Å². The molecule has 8 nitrogen and oxygen atoms in total. The van der Waals surface area contributed by atoms with E-state index >= 15 is 0 Å². The number of benzene rings is 1. The van der Waals surface area contributed by atoms with Crippen LogP contribution in [0.1, 0.15) is 56.1 Å². The molecule has 0 radical (unpaired) electrons. The average molecular weight is 450 g/mol. The zero-order valence-corrected chi connectivity index (χ0v) is 18.2. The second-order valence-corrected chi connectivity index (χ2v) is 8.43. The topological polar surface area (TPSA) is 98.2 Å². The maximum absolute atomic E-state index is 12.6. The van der Waals surface area contributed by atoms with Crippen molar-refractivity contribution in [2.45, 2.75) is 44.9 Å².